The van der Waals surface area contributed by atoms with Crippen LogP contribution < -0.4 is 5.32 Å². The number of hydrogen-bond donors (Lipinski definition) is 1. The predicted octanol–water partition coefficient (Wildman–Crippen LogP) is 5.19. The van der Waals surface area contributed by atoms with Crippen LogP contribution in [0.3, 0.4) is 0 Å². The molecular weight excluding hydrogens is 401 g/mol. The van der Waals surface area contributed by atoms with Gasteiger partial charge in [-0.1, -0.05) is 23.2 Å². The molecule has 1 N–H and O–H groups in total. The second kappa shape index (κ2) is 6.74. The molecule has 23 heavy (non-hydrogen) atoms. The summed E-state index contributed by atoms with van der Waals surface area (Å²) in [5.41, 5.74) is 1.66. The first-order valence-electron chi connectivity index (χ1n) is 6.60. The fraction of sp³-hybridized carbons (Fsp3) is 0. The Bertz CT molecular complexity index is 866. The van der Waals surface area contributed by atoms with Gasteiger partial charge in [0.2, 0.25) is 0 Å². The molecule has 1 aromatic carbocycles. The lowest BCUT2D eigenvalue weighted by atomic mass is 10.2. The normalized spacial score (nSPS) is 10.6. The number of nitrogens with zero attached hydrogens (tertiary/aromatic N) is 2. The summed E-state index contributed by atoms with van der Waals surface area (Å²) in [6.07, 6.45) is 5.27. The van der Waals surface area contributed by atoms with Crippen molar-refractivity contribution in [2.75, 3.05) is 5.32 Å². The van der Waals surface area contributed by atoms with Crippen molar-refractivity contribution in [1.82, 2.24) is 9.55 Å². The number of aromatic nitrogens is 2. The summed E-state index contributed by atoms with van der Waals surface area (Å²) in [5, 5.41) is 3.57. The van der Waals surface area contributed by atoms with Gasteiger partial charge in [-0.05, 0) is 52.3 Å². The van der Waals surface area contributed by atoms with Crippen molar-refractivity contribution in [2.24, 2.45) is 0 Å². The van der Waals surface area contributed by atoms with E-state index in [0.717, 1.165) is 5.69 Å². The molecule has 0 saturated carbocycles. The standard InChI is InChI=1S/C16H10BrCl2N3O/c17-10-7-12(15(19)20-9-10)16(23)21-13-4-3-11(18)8-14(13)22-5-1-2-6-22/h1-9H,(H,21,23). The Balaban J connectivity index is 1.97. The molecule has 2 aromatic heterocycles. The highest BCUT2D eigenvalue weighted by Gasteiger charge is 2.15. The number of anilines is 1. The van der Waals surface area contributed by atoms with Crippen molar-refractivity contribution in [3.8, 4) is 5.69 Å². The maximum absolute atomic E-state index is 12.5. The second-order valence-electron chi connectivity index (χ2n) is 4.70. The number of carbonyl (C=O) groups is 1. The average Bonchev–Trinajstić information content (AvgIpc) is 3.05. The zero-order valence-corrected chi connectivity index (χ0v) is 14.7. The maximum Gasteiger partial charge on any atom is 0.258 e. The topological polar surface area (TPSA) is 46.9 Å². The van der Waals surface area contributed by atoms with Gasteiger partial charge in [0.15, 0.2) is 0 Å². The van der Waals surface area contributed by atoms with E-state index in [9.17, 15) is 4.79 Å². The van der Waals surface area contributed by atoms with E-state index < -0.39 is 0 Å². The van der Waals surface area contributed by atoms with E-state index in [1.54, 1.807) is 24.3 Å². The van der Waals surface area contributed by atoms with Gasteiger partial charge in [0.1, 0.15) is 5.15 Å². The summed E-state index contributed by atoms with van der Waals surface area (Å²) >= 11 is 15.4. The van der Waals surface area contributed by atoms with Crippen LogP contribution in [0, 0.1) is 0 Å². The van der Waals surface area contributed by atoms with Gasteiger partial charge in [-0.25, -0.2) is 4.98 Å². The second-order valence-corrected chi connectivity index (χ2v) is 6.41. The van der Waals surface area contributed by atoms with Gasteiger partial charge in [-0.3, -0.25) is 4.79 Å². The Morgan fingerprint density at radius 3 is 2.65 bits per heavy atom. The van der Waals surface area contributed by atoms with E-state index in [2.05, 4.69) is 26.2 Å². The van der Waals surface area contributed by atoms with E-state index in [-0.39, 0.29) is 16.6 Å². The molecule has 2 heterocycles. The van der Waals surface area contributed by atoms with Crippen LogP contribution in [0.25, 0.3) is 5.69 Å². The molecule has 0 unspecified atom stereocenters. The van der Waals surface area contributed by atoms with E-state index >= 15 is 0 Å². The maximum atomic E-state index is 12.5. The number of benzene rings is 1. The average molecular weight is 411 g/mol. The van der Waals surface area contributed by atoms with Gasteiger partial charge in [-0.2, -0.15) is 0 Å². The Morgan fingerprint density at radius 1 is 1.17 bits per heavy atom. The lowest BCUT2D eigenvalue weighted by Crippen LogP contribution is -2.14. The summed E-state index contributed by atoms with van der Waals surface area (Å²) < 4.78 is 2.54. The summed E-state index contributed by atoms with van der Waals surface area (Å²) in [6, 6.07) is 10.6. The summed E-state index contributed by atoms with van der Waals surface area (Å²) in [5.74, 6) is -0.348. The van der Waals surface area contributed by atoms with Crippen molar-refractivity contribution in [1.29, 1.82) is 0 Å². The minimum atomic E-state index is -0.348. The molecule has 7 heteroatoms. The first-order chi connectivity index (χ1) is 11.0. The van der Waals surface area contributed by atoms with Gasteiger partial charge in [0, 0.05) is 28.1 Å². The molecule has 3 aromatic rings. The minimum Gasteiger partial charge on any atom is -0.322 e. The fourth-order valence-corrected chi connectivity index (χ4v) is 2.78. The molecule has 3 rings (SSSR count). The highest BCUT2D eigenvalue weighted by atomic mass is 79.9. The van der Waals surface area contributed by atoms with Crippen molar-refractivity contribution >= 4 is 50.7 Å². The fourth-order valence-electron chi connectivity index (χ4n) is 2.09. The monoisotopic (exact) mass is 409 g/mol. The Kier molecular flexibility index (Phi) is 4.71. The van der Waals surface area contributed by atoms with E-state index in [1.165, 1.54) is 6.20 Å². The van der Waals surface area contributed by atoms with Crippen LogP contribution in [0.15, 0.2) is 59.5 Å². The van der Waals surface area contributed by atoms with Crippen LogP contribution >= 0.6 is 39.1 Å². The molecule has 0 aliphatic heterocycles. The van der Waals surface area contributed by atoms with Crippen LogP contribution in [0.2, 0.25) is 10.2 Å². The third-order valence-electron chi connectivity index (χ3n) is 3.14. The van der Waals surface area contributed by atoms with Crippen LogP contribution in [0.1, 0.15) is 10.4 Å². The molecule has 0 bridgehead atoms. The number of nitrogens with one attached hydrogen (secondary N) is 1. The molecular formula is C16H10BrCl2N3O. The van der Waals surface area contributed by atoms with Gasteiger partial charge >= 0.3 is 0 Å². The van der Waals surface area contributed by atoms with Crippen molar-refractivity contribution in [2.45, 2.75) is 0 Å². The third kappa shape index (κ3) is 3.58. The molecule has 0 atom stereocenters. The molecule has 0 radical (unpaired) electrons. The first kappa shape index (κ1) is 16.1. The minimum absolute atomic E-state index is 0.141. The summed E-state index contributed by atoms with van der Waals surface area (Å²) in [6.45, 7) is 0. The van der Waals surface area contributed by atoms with Crippen molar-refractivity contribution in [3.05, 3.63) is 75.2 Å². The van der Waals surface area contributed by atoms with Gasteiger partial charge in [0.25, 0.3) is 5.91 Å². The highest BCUT2D eigenvalue weighted by molar-refractivity contribution is 9.10. The SMILES string of the molecule is O=C(Nc1ccc(Cl)cc1-n1cccc1)c1cc(Br)cnc1Cl. The first-order valence-corrected chi connectivity index (χ1v) is 8.15. The molecule has 4 nitrogen and oxygen atoms in total. The molecule has 0 aliphatic carbocycles. The van der Waals surface area contributed by atoms with Gasteiger partial charge in [0.05, 0.1) is 16.9 Å². The molecule has 0 saturated heterocycles. The van der Waals surface area contributed by atoms with Crippen LogP contribution in [-0.4, -0.2) is 15.5 Å². The predicted molar refractivity (Wildman–Crippen MR) is 95.7 cm³/mol. The lowest BCUT2D eigenvalue weighted by molar-refractivity contribution is 0.102. The lowest BCUT2D eigenvalue weighted by Gasteiger charge is -2.13. The van der Waals surface area contributed by atoms with Crippen molar-refractivity contribution < 1.29 is 4.79 Å². The largest absolute Gasteiger partial charge is 0.322 e. The van der Waals surface area contributed by atoms with Crippen molar-refractivity contribution in [3.63, 3.8) is 0 Å². The highest BCUT2D eigenvalue weighted by Crippen LogP contribution is 2.26. The molecule has 0 fully saturated rings. The summed E-state index contributed by atoms with van der Waals surface area (Å²) in [4.78, 5) is 16.5. The smallest absolute Gasteiger partial charge is 0.258 e. The van der Waals surface area contributed by atoms with Crippen LogP contribution in [0.5, 0.6) is 0 Å². The van der Waals surface area contributed by atoms with Crippen LogP contribution in [0.4, 0.5) is 5.69 Å². The number of amides is 1. The molecule has 0 spiro atoms. The van der Waals surface area contributed by atoms with E-state index in [4.69, 9.17) is 23.2 Å². The molecule has 116 valence electrons. The van der Waals surface area contributed by atoms with E-state index in [0.29, 0.717) is 15.2 Å². The molecule has 0 aliphatic rings. The summed E-state index contributed by atoms with van der Waals surface area (Å²) in [7, 11) is 0. The Labute approximate surface area is 151 Å². The zero-order valence-electron chi connectivity index (χ0n) is 11.6. The third-order valence-corrected chi connectivity index (χ3v) is 4.11. The number of hydrogen-bond acceptors (Lipinski definition) is 2. The molecule has 1 amide bonds. The number of carbonyl (C=O) groups excluding carboxylic acids is 1. The van der Waals surface area contributed by atoms with Gasteiger partial charge in [-0.15, -0.1) is 0 Å². The van der Waals surface area contributed by atoms with E-state index in [1.807, 2.05) is 29.1 Å². The van der Waals surface area contributed by atoms with Crippen LogP contribution in [-0.2, 0) is 0 Å². The Morgan fingerprint density at radius 2 is 1.91 bits per heavy atom. The Hall–Kier alpha value is -1.82. The van der Waals surface area contributed by atoms with Gasteiger partial charge < -0.3 is 9.88 Å². The zero-order chi connectivity index (χ0) is 16.4. The number of rotatable bonds is 3. The quantitative estimate of drug-likeness (QED) is 0.603. The number of pyridine rings is 1. The number of halogens is 3.